The van der Waals surface area contributed by atoms with Crippen LogP contribution < -0.4 is 9.13 Å². The summed E-state index contributed by atoms with van der Waals surface area (Å²) in [7, 11) is 0. The van der Waals surface area contributed by atoms with E-state index in [9.17, 15) is 0 Å². The van der Waals surface area contributed by atoms with Crippen molar-refractivity contribution in [3.05, 3.63) is 82.1 Å². The SMILES string of the molecule is O/N=C\c1cc[n+](Cc2ccc(C[n+]3ccc(/C=N\O)cc3)s2)cc1. The lowest BCUT2D eigenvalue weighted by molar-refractivity contribution is -0.688. The lowest BCUT2D eigenvalue weighted by atomic mass is 10.3. The molecule has 3 aromatic heterocycles. The molecule has 126 valence electrons. The molecule has 6 nitrogen and oxygen atoms in total. The molecule has 0 amide bonds. The number of thiophene rings is 1. The summed E-state index contributed by atoms with van der Waals surface area (Å²) in [6.45, 7) is 1.61. The number of hydrogen-bond donors (Lipinski definition) is 2. The molecule has 0 atom stereocenters. The van der Waals surface area contributed by atoms with Gasteiger partial charge in [0.05, 0.1) is 22.2 Å². The highest BCUT2D eigenvalue weighted by atomic mass is 32.1. The van der Waals surface area contributed by atoms with Crippen molar-refractivity contribution in [2.24, 2.45) is 10.3 Å². The fourth-order valence-electron chi connectivity index (χ4n) is 2.41. The van der Waals surface area contributed by atoms with Gasteiger partial charge in [-0.3, -0.25) is 0 Å². The maximum Gasteiger partial charge on any atom is 0.182 e. The standard InChI is InChI=1S/C18H16N4O2S/c23-19-11-15-3-7-21(8-4-15)13-17-1-2-18(25-17)14-22-9-5-16(6-10-22)12-20-24/h1-12H,13-14H2/p+2. The number of oxime groups is 2. The second kappa shape index (κ2) is 8.16. The average molecular weight is 354 g/mol. The molecule has 0 radical (unpaired) electrons. The fraction of sp³-hybridized carbons (Fsp3) is 0.111. The molecule has 0 fully saturated rings. The van der Waals surface area contributed by atoms with Gasteiger partial charge >= 0.3 is 0 Å². The predicted molar refractivity (Wildman–Crippen MR) is 94.6 cm³/mol. The first-order valence-corrected chi connectivity index (χ1v) is 8.49. The number of aromatic nitrogens is 2. The summed E-state index contributed by atoms with van der Waals surface area (Å²) in [4.78, 5) is 2.54. The third-order valence-electron chi connectivity index (χ3n) is 3.64. The normalized spacial score (nSPS) is 11.5. The first-order chi connectivity index (χ1) is 12.3. The topological polar surface area (TPSA) is 72.9 Å². The van der Waals surface area contributed by atoms with E-state index in [1.165, 1.54) is 22.2 Å². The molecule has 0 aliphatic rings. The number of rotatable bonds is 6. The third kappa shape index (κ3) is 4.71. The van der Waals surface area contributed by atoms with E-state index in [-0.39, 0.29) is 0 Å². The smallest absolute Gasteiger partial charge is 0.182 e. The van der Waals surface area contributed by atoms with Gasteiger partial charge < -0.3 is 10.4 Å². The minimum absolute atomic E-state index is 0.803. The van der Waals surface area contributed by atoms with Crippen molar-refractivity contribution in [1.82, 2.24) is 0 Å². The van der Waals surface area contributed by atoms with E-state index in [0.717, 1.165) is 24.2 Å². The molecule has 0 saturated heterocycles. The van der Waals surface area contributed by atoms with Crippen LogP contribution in [0.25, 0.3) is 0 Å². The molecular weight excluding hydrogens is 336 g/mol. The van der Waals surface area contributed by atoms with Crippen molar-refractivity contribution in [2.75, 3.05) is 0 Å². The molecule has 2 N–H and O–H groups in total. The van der Waals surface area contributed by atoms with Crippen molar-refractivity contribution >= 4 is 23.8 Å². The molecule has 0 aromatic carbocycles. The first kappa shape index (κ1) is 16.8. The van der Waals surface area contributed by atoms with E-state index < -0.39 is 0 Å². The molecule has 3 rings (SSSR count). The molecule has 0 aliphatic heterocycles. The molecule has 0 saturated carbocycles. The molecule has 0 aliphatic carbocycles. The van der Waals surface area contributed by atoms with Crippen LogP contribution in [0.15, 0.2) is 71.5 Å². The maximum atomic E-state index is 8.53. The van der Waals surface area contributed by atoms with E-state index in [2.05, 4.69) is 31.6 Å². The number of nitrogens with zero attached hydrogens (tertiary/aromatic N) is 4. The highest BCUT2D eigenvalue weighted by Crippen LogP contribution is 2.16. The first-order valence-electron chi connectivity index (χ1n) is 7.67. The second-order valence-corrected chi connectivity index (χ2v) is 6.72. The third-order valence-corrected chi connectivity index (χ3v) is 4.70. The monoisotopic (exact) mass is 354 g/mol. The molecule has 0 bridgehead atoms. The Balaban J connectivity index is 1.63. The zero-order valence-corrected chi connectivity index (χ0v) is 14.3. The van der Waals surface area contributed by atoms with Gasteiger partial charge in [0.15, 0.2) is 37.9 Å². The maximum absolute atomic E-state index is 8.53. The van der Waals surface area contributed by atoms with Crippen LogP contribution in [-0.4, -0.2) is 22.8 Å². The zero-order chi connectivity index (χ0) is 17.5. The second-order valence-electron chi connectivity index (χ2n) is 5.46. The van der Waals surface area contributed by atoms with Crippen LogP contribution in [-0.2, 0) is 13.1 Å². The van der Waals surface area contributed by atoms with Crippen LogP contribution >= 0.6 is 11.3 Å². The van der Waals surface area contributed by atoms with E-state index >= 15 is 0 Å². The van der Waals surface area contributed by atoms with Crippen molar-refractivity contribution in [3.63, 3.8) is 0 Å². The summed E-state index contributed by atoms with van der Waals surface area (Å²) in [5.41, 5.74) is 1.72. The van der Waals surface area contributed by atoms with Crippen molar-refractivity contribution in [1.29, 1.82) is 0 Å². The largest absolute Gasteiger partial charge is 0.411 e. The van der Waals surface area contributed by atoms with Crippen LogP contribution in [0.3, 0.4) is 0 Å². The van der Waals surface area contributed by atoms with Gasteiger partial charge in [-0.15, -0.1) is 11.3 Å². The minimum atomic E-state index is 0.803. The lowest BCUT2D eigenvalue weighted by Crippen LogP contribution is -2.33. The van der Waals surface area contributed by atoms with E-state index in [0.29, 0.717) is 0 Å². The Labute approximate surface area is 149 Å². The van der Waals surface area contributed by atoms with E-state index in [1.54, 1.807) is 11.3 Å². The highest BCUT2D eigenvalue weighted by molar-refractivity contribution is 7.11. The lowest BCUT2D eigenvalue weighted by Gasteiger charge is -1.96. The Morgan fingerprint density at radius 3 is 1.48 bits per heavy atom. The fourth-order valence-corrected chi connectivity index (χ4v) is 3.44. The quantitative estimate of drug-likeness (QED) is 0.308. The van der Waals surface area contributed by atoms with Gasteiger partial charge in [0.2, 0.25) is 0 Å². The van der Waals surface area contributed by atoms with E-state index in [1.807, 2.05) is 49.1 Å². The van der Waals surface area contributed by atoms with Gasteiger partial charge in [-0.05, 0) is 12.1 Å². The molecule has 3 aromatic rings. The van der Waals surface area contributed by atoms with Gasteiger partial charge in [0.25, 0.3) is 0 Å². The predicted octanol–water partition coefficient (Wildman–Crippen LogP) is 2.04. The van der Waals surface area contributed by atoms with Crippen LogP contribution in [0.4, 0.5) is 0 Å². The molecule has 3 heterocycles. The van der Waals surface area contributed by atoms with Crippen molar-refractivity contribution < 1.29 is 19.5 Å². The van der Waals surface area contributed by atoms with Gasteiger partial charge in [-0.1, -0.05) is 10.3 Å². The average Bonchev–Trinajstić information content (AvgIpc) is 3.06. The van der Waals surface area contributed by atoms with E-state index in [4.69, 9.17) is 10.4 Å². The number of hydrogen-bond acceptors (Lipinski definition) is 5. The van der Waals surface area contributed by atoms with Crippen molar-refractivity contribution in [2.45, 2.75) is 13.1 Å². The van der Waals surface area contributed by atoms with Gasteiger partial charge in [-0.25, -0.2) is 0 Å². The van der Waals surface area contributed by atoms with Crippen LogP contribution in [0.5, 0.6) is 0 Å². The Morgan fingerprint density at radius 1 is 0.720 bits per heavy atom. The Hall–Kier alpha value is -3.06. The Kier molecular flexibility index (Phi) is 5.48. The molecule has 0 spiro atoms. The van der Waals surface area contributed by atoms with Gasteiger partial charge in [-0.2, -0.15) is 9.13 Å². The summed E-state index contributed by atoms with van der Waals surface area (Å²) < 4.78 is 4.17. The summed E-state index contributed by atoms with van der Waals surface area (Å²) >= 11 is 1.78. The Morgan fingerprint density at radius 2 is 1.12 bits per heavy atom. The molecular formula is C18H18N4O2S+2. The van der Waals surface area contributed by atoms with Crippen LogP contribution in [0, 0.1) is 0 Å². The Bertz CT molecular complexity index is 799. The molecule has 25 heavy (non-hydrogen) atoms. The zero-order valence-electron chi connectivity index (χ0n) is 13.4. The summed E-state index contributed by atoms with van der Waals surface area (Å²) in [6, 6.07) is 11.9. The van der Waals surface area contributed by atoms with Gasteiger partial charge in [0, 0.05) is 35.4 Å². The van der Waals surface area contributed by atoms with Crippen molar-refractivity contribution in [3.8, 4) is 0 Å². The molecule has 0 unspecified atom stereocenters. The highest BCUT2D eigenvalue weighted by Gasteiger charge is 2.09. The molecule has 7 heteroatoms. The van der Waals surface area contributed by atoms with Crippen LogP contribution in [0.2, 0.25) is 0 Å². The summed E-state index contributed by atoms with van der Waals surface area (Å²) in [5.74, 6) is 0. The summed E-state index contributed by atoms with van der Waals surface area (Å²) in [6.07, 6.45) is 10.7. The minimum Gasteiger partial charge on any atom is -0.411 e. The summed E-state index contributed by atoms with van der Waals surface area (Å²) in [5, 5.41) is 23.1. The van der Waals surface area contributed by atoms with Crippen LogP contribution in [0.1, 0.15) is 20.9 Å². The number of pyridine rings is 2. The van der Waals surface area contributed by atoms with Gasteiger partial charge in [0.1, 0.15) is 0 Å².